The minimum absolute atomic E-state index is 0.0449. The highest BCUT2D eigenvalue weighted by atomic mass is 79.9. The van der Waals surface area contributed by atoms with Crippen LogP contribution in [0.25, 0.3) is 10.9 Å². The average molecular weight is 639 g/mol. The molecule has 4 aromatic rings. The van der Waals surface area contributed by atoms with Crippen molar-refractivity contribution in [1.82, 2.24) is 9.66 Å². The molecule has 0 aliphatic heterocycles. The summed E-state index contributed by atoms with van der Waals surface area (Å²) in [6, 6.07) is 17.1. The van der Waals surface area contributed by atoms with Crippen LogP contribution in [0.3, 0.4) is 0 Å². The third kappa shape index (κ3) is 5.66. The van der Waals surface area contributed by atoms with Gasteiger partial charge in [-0.3, -0.25) is 14.9 Å². The van der Waals surface area contributed by atoms with Gasteiger partial charge in [0.25, 0.3) is 5.56 Å². The van der Waals surface area contributed by atoms with E-state index in [2.05, 4.69) is 43.0 Å². The summed E-state index contributed by atoms with van der Waals surface area (Å²) < 4.78 is 8.26. The molecule has 192 valence electrons. The van der Waals surface area contributed by atoms with Gasteiger partial charge in [0, 0.05) is 31.6 Å². The summed E-state index contributed by atoms with van der Waals surface area (Å²) in [6.07, 6.45) is 1.34. The first-order valence-electron chi connectivity index (χ1n) is 11.4. The van der Waals surface area contributed by atoms with Crippen LogP contribution >= 0.6 is 31.9 Å². The molecule has 0 bridgehead atoms. The van der Waals surface area contributed by atoms with Crippen LogP contribution in [-0.2, 0) is 12.0 Å². The number of aromatic nitrogens is 2. The van der Waals surface area contributed by atoms with E-state index in [9.17, 15) is 20.2 Å². The second kappa shape index (κ2) is 10.8. The van der Waals surface area contributed by atoms with Crippen molar-refractivity contribution >= 4 is 54.7 Å². The van der Waals surface area contributed by atoms with E-state index in [0.29, 0.717) is 32.3 Å². The number of benzene rings is 3. The number of halogens is 2. The van der Waals surface area contributed by atoms with E-state index < -0.39 is 10.3 Å². The molecule has 0 radical (unpaired) electrons. The lowest BCUT2D eigenvalue weighted by Crippen LogP contribution is -2.29. The molecule has 1 heterocycles. The quantitative estimate of drug-likeness (QED) is 0.136. The van der Waals surface area contributed by atoms with E-state index in [0.717, 1.165) is 4.47 Å². The van der Waals surface area contributed by atoms with Crippen molar-refractivity contribution in [3.63, 3.8) is 0 Å². The van der Waals surface area contributed by atoms with Crippen molar-refractivity contribution in [2.24, 2.45) is 5.10 Å². The fourth-order valence-electron chi connectivity index (χ4n) is 3.76. The highest BCUT2D eigenvalue weighted by Crippen LogP contribution is 2.35. The Kier molecular flexibility index (Phi) is 7.76. The largest absolute Gasteiger partial charge is 0.481 e. The third-order valence-corrected chi connectivity index (χ3v) is 6.51. The van der Waals surface area contributed by atoms with Crippen molar-refractivity contribution in [1.29, 1.82) is 5.26 Å². The fourth-order valence-corrected chi connectivity index (χ4v) is 4.58. The van der Waals surface area contributed by atoms with Crippen molar-refractivity contribution in [2.75, 3.05) is 0 Å². The Morgan fingerprint density at radius 3 is 2.58 bits per heavy atom. The van der Waals surface area contributed by atoms with Gasteiger partial charge in [-0.25, -0.2) is 4.98 Å². The molecule has 38 heavy (non-hydrogen) atoms. The number of nitriles is 1. The molecule has 3 aromatic carbocycles. The van der Waals surface area contributed by atoms with Crippen LogP contribution < -0.4 is 10.3 Å². The van der Waals surface area contributed by atoms with E-state index >= 15 is 0 Å². The molecular weight excluding hydrogens is 618 g/mol. The molecule has 0 spiro atoms. The molecule has 0 unspecified atom stereocenters. The lowest BCUT2D eigenvalue weighted by atomic mass is 9.95. The van der Waals surface area contributed by atoms with E-state index in [1.165, 1.54) is 17.0 Å². The maximum atomic E-state index is 13.5. The highest BCUT2D eigenvalue weighted by Gasteiger charge is 2.24. The molecule has 0 aliphatic rings. The monoisotopic (exact) mass is 637 g/mol. The Bertz CT molecular complexity index is 1700. The standard InChI is InChI=1S/C27H21Br2N5O4/c1-27(2,3)26-32-22-9-8-19(28)11-21(22)25(35)33(26)31-14-18-10-20(29)12-23(34(36)37)24(18)38-15-17-7-5-4-6-16(17)13-30/h4-12,14H,15H2,1-3H3. The van der Waals surface area contributed by atoms with Gasteiger partial charge < -0.3 is 4.74 Å². The first kappa shape index (κ1) is 27.2. The summed E-state index contributed by atoms with van der Waals surface area (Å²) in [5.74, 6) is 0.375. The number of nitro benzene ring substituents is 1. The van der Waals surface area contributed by atoms with Gasteiger partial charge in [-0.15, -0.1) is 0 Å². The second-order valence-electron chi connectivity index (χ2n) is 9.37. The topological polar surface area (TPSA) is 123 Å². The SMILES string of the molecule is CC(C)(C)c1nc2ccc(Br)cc2c(=O)n1N=Cc1cc(Br)cc([N+](=O)[O-])c1OCc1ccccc1C#N. The number of rotatable bonds is 6. The Balaban J connectivity index is 1.87. The number of nitro groups is 1. The third-order valence-electron chi connectivity index (χ3n) is 5.56. The van der Waals surface area contributed by atoms with Crippen LogP contribution in [0, 0.1) is 21.4 Å². The number of nitrogens with zero attached hydrogens (tertiary/aromatic N) is 5. The molecule has 0 amide bonds. The summed E-state index contributed by atoms with van der Waals surface area (Å²) in [5, 5.41) is 26.1. The fraction of sp³-hybridized carbons (Fsp3) is 0.185. The minimum Gasteiger partial charge on any atom is -0.481 e. The van der Waals surface area contributed by atoms with Crippen LogP contribution in [0.15, 0.2) is 73.4 Å². The zero-order chi connectivity index (χ0) is 27.6. The van der Waals surface area contributed by atoms with E-state index in [1.807, 2.05) is 26.8 Å². The summed E-state index contributed by atoms with van der Waals surface area (Å²) in [4.78, 5) is 29.5. The summed E-state index contributed by atoms with van der Waals surface area (Å²) in [7, 11) is 0. The molecule has 0 N–H and O–H groups in total. The maximum absolute atomic E-state index is 13.5. The molecular formula is C27H21Br2N5O4. The predicted molar refractivity (Wildman–Crippen MR) is 152 cm³/mol. The van der Waals surface area contributed by atoms with Crippen molar-refractivity contribution in [2.45, 2.75) is 32.8 Å². The number of fused-ring (bicyclic) bond motifs is 1. The lowest BCUT2D eigenvalue weighted by molar-refractivity contribution is -0.386. The Morgan fingerprint density at radius 2 is 1.89 bits per heavy atom. The van der Waals surface area contributed by atoms with Gasteiger partial charge in [0.15, 0.2) is 0 Å². The molecule has 0 atom stereocenters. The smallest absolute Gasteiger partial charge is 0.312 e. The molecule has 1 aromatic heterocycles. The van der Waals surface area contributed by atoms with Crippen LogP contribution in [0.5, 0.6) is 5.75 Å². The molecule has 0 saturated carbocycles. The first-order valence-corrected chi connectivity index (χ1v) is 12.9. The predicted octanol–water partition coefficient (Wildman–Crippen LogP) is 6.46. The van der Waals surface area contributed by atoms with E-state index in [4.69, 9.17) is 9.72 Å². The van der Waals surface area contributed by atoms with Crippen LogP contribution in [0.2, 0.25) is 0 Å². The van der Waals surface area contributed by atoms with Crippen molar-refractivity contribution in [3.8, 4) is 11.8 Å². The van der Waals surface area contributed by atoms with E-state index in [-0.39, 0.29) is 29.2 Å². The van der Waals surface area contributed by atoms with Gasteiger partial charge >= 0.3 is 5.69 Å². The molecule has 11 heteroatoms. The lowest BCUT2D eigenvalue weighted by Gasteiger charge is -2.21. The van der Waals surface area contributed by atoms with Crippen LogP contribution in [-0.4, -0.2) is 20.8 Å². The average Bonchev–Trinajstić information content (AvgIpc) is 2.86. The molecule has 9 nitrogen and oxygen atoms in total. The van der Waals surface area contributed by atoms with Gasteiger partial charge in [-0.2, -0.15) is 15.0 Å². The Morgan fingerprint density at radius 1 is 1.16 bits per heavy atom. The molecule has 0 aliphatic carbocycles. The Labute approximate surface area is 234 Å². The summed E-state index contributed by atoms with van der Waals surface area (Å²) in [5.41, 5.74) is 0.561. The molecule has 0 saturated heterocycles. The normalized spacial score (nSPS) is 11.6. The first-order chi connectivity index (χ1) is 18.0. The van der Waals surface area contributed by atoms with Crippen molar-refractivity contribution < 1.29 is 9.66 Å². The van der Waals surface area contributed by atoms with Gasteiger partial charge in [-0.05, 0) is 30.3 Å². The highest BCUT2D eigenvalue weighted by molar-refractivity contribution is 9.10. The maximum Gasteiger partial charge on any atom is 0.312 e. The van der Waals surface area contributed by atoms with Gasteiger partial charge in [-0.1, -0.05) is 70.8 Å². The molecule has 4 rings (SSSR count). The number of hydrogen-bond donors (Lipinski definition) is 0. The van der Waals surface area contributed by atoms with Crippen LogP contribution in [0.4, 0.5) is 5.69 Å². The van der Waals surface area contributed by atoms with Crippen LogP contribution in [0.1, 0.15) is 43.3 Å². The summed E-state index contributed by atoms with van der Waals surface area (Å²) >= 11 is 6.70. The number of ether oxygens (including phenoxy) is 1. The van der Waals surface area contributed by atoms with Crippen molar-refractivity contribution in [3.05, 3.63) is 107 Å². The van der Waals surface area contributed by atoms with E-state index in [1.54, 1.807) is 42.5 Å². The summed E-state index contributed by atoms with van der Waals surface area (Å²) in [6.45, 7) is 5.66. The number of hydrogen-bond acceptors (Lipinski definition) is 7. The zero-order valence-electron chi connectivity index (χ0n) is 20.6. The van der Waals surface area contributed by atoms with Gasteiger partial charge in [0.05, 0.1) is 33.7 Å². The second-order valence-corrected chi connectivity index (χ2v) is 11.2. The van der Waals surface area contributed by atoms with Gasteiger partial charge in [0.2, 0.25) is 5.75 Å². The molecule has 0 fully saturated rings. The Hall–Kier alpha value is -3.88. The van der Waals surface area contributed by atoms with Gasteiger partial charge in [0.1, 0.15) is 12.4 Å². The zero-order valence-corrected chi connectivity index (χ0v) is 23.8. The minimum atomic E-state index is -0.560.